The van der Waals surface area contributed by atoms with Crippen molar-refractivity contribution in [2.75, 3.05) is 0 Å². The van der Waals surface area contributed by atoms with E-state index in [9.17, 15) is 27.9 Å². The first kappa shape index (κ1) is 16.6. The number of phenolic OH excluding ortho intramolecular Hbond substituents is 2. The zero-order chi connectivity index (χ0) is 16.2. The number of hydrogen-bond acceptors (Lipinski definition) is 7. The van der Waals surface area contributed by atoms with Crippen LogP contribution in [0.2, 0.25) is 0 Å². The van der Waals surface area contributed by atoms with E-state index in [2.05, 4.69) is 9.78 Å². The molecule has 0 saturated carbocycles. The molecule has 1 aromatic carbocycles. The van der Waals surface area contributed by atoms with Gasteiger partial charge in [0.2, 0.25) is 0 Å². The minimum atomic E-state index is -5.31. The van der Waals surface area contributed by atoms with Gasteiger partial charge in [-0.25, -0.2) is 19.4 Å². The van der Waals surface area contributed by atoms with Crippen LogP contribution >= 0.6 is 0 Å². The van der Waals surface area contributed by atoms with E-state index in [0.29, 0.717) is 0 Å². The maximum Gasteiger partial charge on any atom is 0.495 e. The number of carbonyl (C=O) groups excluding carboxylic acids is 2. The highest BCUT2D eigenvalue weighted by Crippen LogP contribution is 2.23. The Labute approximate surface area is 115 Å². The van der Waals surface area contributed by atoms with Crippen LogP contribution in [0.5, 0.6) is 11.5 Å². The second-order valence-electron chi connectivity index (χ2n) is 3.89. The van der Waals surface area contributed by atoms with Gasteiger partial charge >= 0.3 is 18.1 Å². The predicted molar refractivity (Wildman–Crippen MR) is 59.7 cm³/mol. The molecule has 10 heteroatoms. The molecule has 0 aliphatic carbocycles. The summed E-state index contributed by atoms with van der Waals surface area (Å²) in [4.78, 5) is 28.5. The highest BCUT2D eigenvalue weighted by Gasteiger charge is 2.43. The largest absolute Gasteiger partial charge is 0.508 e. The van der Waals surface area contributed by atoms with Crippen molar-refractivity contribution < 1.29 is 42.7 Å². The zero-order valence-corrected chi connectivity index (χ0v) is 10.3. The summed E-state index contributed by atoms with van der Waals surface area (Å²) in [5.41, 5.74) is 5.47. The third-order valence-corrected chi connectivity index (χ3v) is 2.24. The summed E-state index contributed by atoms with van der Waals surface area (Å²) < 4.78 is 35.4. The van der Waals surface area contributed by atoms with Gasteiger partial charge in [-0.2, -0.15) is 13.2 Å². The molecule has 1 aromatic rings. The van der Waals surface area contributed by atoms with Crippen molar-refractivity contribution in [2.24, 2.45) is 5.73 Å². The molecule has 0 fully saturated rings. The lowest BCUT2D eigenvalue weighted by molar-refractivity contribution is -0.286. The van der Waals surface area contributed by atoms with Gasteiger partial charge in [-0.3, -0.25) is 0 Å². The molecule has 0 amide bonds. The van der Waals surface area contributed by atoms with E-state index in [1.807, 2.05) is 0 Å². The summed E-state index contributed by atoms with van der Waals surface area (Å²) >= 11 is 0. The Morgan fingerprint density at radius 2 is 1.86 bits per heavy atom. The Morgan fingerprint density at radius 1 is 1.24 bits per heavy atom. The van der Waals surface area contributed by atoms with Gasteiger partial charge in [0.15, 0.2) is 0 Å². The molecule has 1 rings (SSSR count). The quantitative estimate of drug-likeness (QED) is 0.550. The topological polar surface area (TPSA) is 119 Å². The number of hydrogen-bond donors (Lipinski definition) is 3. The van der Waals surface area contributed by atoms with Gasteiger partial charge in [-0.1, -0.05) is 6.07 Å². The molecule has 4 N–H and O–H groups in total. The average Bonchev–Trinajstić information content (AvgIpc) is 2.37. The van der Waals surface area contributed by atoms with Gasteiger partial charge in [0.1, 0.15) is 17.5 Å². The number of halogens is 3. The maximum absolute atomic E-state index is 11.8. The van der Waals surface area contributed by atoms with Crippen LogP contribution in [-0.2, 0) is 25.8 Å². The fraction of sp³-hybridized carbons (Fsp3) is 0.273. The third kappa shape index (κ3) is 4.84. The lowest BCUT2D eigenvalue weighted by Gasteiger charge is -2.11. The molecular weight excluding hydrogens is 299 g/mol. The molecule has 21 heavy (non-hydrogen) atoms. The van der Waals surface area contributed by atoms with E-state index in [1.165, 1.54) is 12.1 Å². The van der Waals surface area contributed by atoms with E-state index >= 15 is 0 Å². The van der Waals surface area contributed by atoms with Gasteiger partial charge in [0.05, 0.1) is 0 Å². The highest BCUT2D eigenvalue weighted by atomic mass is 19.4. The fourth-order valence-corrected chi connectivity index (χ4v) is 1.23. The minimum absolute atomic E-state index is 0.138. The van der Waals surface area contributed by atoms with Crippen molar-refractivity contribution in [1.82, 2.24) is 0 Å². The highest BCUT2D eigenvalue weighted by molar-refractivity contribution is 5.79. The van der Waals surface area contributed by atoms with E-state index < -0.39 is 24.2 Å². The van der Waals surface area contributed by atoms with E-state index in [4.69, 9.17) is 10.8 Å². The Bertz CT molecular complexity index is 545. The van der Waals surface area contributed by atoms with Crippen molar-refractivity contribution in [3.05, 3.63) is 23.8 Å². The standard InChI is InChI=1S/C11H10F3NO6/c12-11(13,14)10(19)21-20-9(18)7(15)3-5-1-2-6(16)4-8(5)17/h1-2,4,7,16-17H,3,15H2. The van der Waals surface area contributed by atoms with Crippen LogP contribution in [0.1, 0.15) is 5.56 Å². The van der Waals surface area contributed by atoms with Crippen LogP contribution in [-0.4, -0.2) is 34.4 Å². The molecule has 0 aliphatic rings. The molecule has 1 atom stereocenters. The van der Waals surface area contributed by atoms with Gasteiger partial charge in [-0.05, 0) is 11.6 Å². The first-order valence-electron chi connectivity index (χ1n) is 5.37. The minimum Gasteiger partial charge on any atom is -0.508 e. The Kier molecular flexibility index (Phi) is 4.97. The number of benzene rings is 1. The molecule has 0 aromatic heterocycles. The molecule has 116 valence electrons. The summed E-state index contributed by atoms with van der Waals surface area (Å²) in [6, 6.07) is 1.95. The zero-order valence-electron chi connectivity index (χ0n) is 10.3. The van der Waals surface area contributed by atoms with Crippen LogP contribution < -0.4 is 5.73 Å². The monoisotopic (exact) mass is 309 g/mol. The van der Waals surface area contributed by atoms with E-state index in [-0.39, 0.29) is 23.5 Å². The lowest BCUT2D eigenvalue weighted by atomic mass is 10.1. The molecular formula is C11H10F3NO6. The average molecular weight is 309 g/mol. The fourth-order valence-electron chi connectivity index (χ4n) is 1.23. The molecule has 0 bridgehead atoms. The molecule has 0 heterocycles. The van der Waals surface area contributed by atoms with E-state index in [0.717, 1.165) is 6.07 Å². The molecule has 0 spiro atoms. The third-order valence-electron chi connectivity index (χ3n) is 2.24. The van der Waals surface area contributed by atoms with Crippen LogP contribution in [0.15, 0.2) is 18.2 Å². The van der Waals surface area contributed by atoms with Crippen molar-refractivity contribution >= 4 is 11.9 Å². The van der Waals surface area contributed by atoms with Gasteiger partial charge in [0, 0.05) is 12.5 Å². The van der Waals surface area contributed by atoms with Crippen molar-refractivity contribution in [3.63, 3.8) is 0 Å². The second-order valence-corrected chi connectivity index (χ2v) is 3.89. The number of alkyl halides is 3. The number of nitrogens with two attached hydrogens (primary N) is 1. The molecule has 1 unspecified atom stereocenters. The maximum atomic E-state index is 11.8. The Balaban J connectivity index is 2.57. The Morgan fingerprint density at radius 3 is 2.38 bits per heavy atom. The summed E-state index contributed by atoms with van der Waals surface area (Å²) in [5.74, 6) is -4.73. The normalized spacial score (nSPS) is 12.6. The molecule has 0 aliphatic heterocycles. The SMILES string of the molecule is NC(Cc1ccc(O)cc1O)C(=O)OOC(=O)C(F)(F)F. The summed E-state index contributed by atoms with van der Waals surface area (Å²) in [5, 5.41) is 18.5. The van der Waals surface area contributed by atoms with Gasteiger partial charge in [0.25, 0.3) is 0 Å². The predicted octanol–water partition coefficient (Wildman–Crippen LogP) is 0.531. The van der Waals surface area contributed by atoms with Gasteiger partial charge < -0.3 is 15.9 Å². The van der Waals surface area contributed by atoms with Crippen LogP contribution in [0, 0.1) is 0 Å². The van der Waals surface area contributed by atoms with Crippen LogP contribution in [0.4, 0.5) is 13.2 Å². The first-order chi connectivity index (χ1) is 9.61. The van der Waals surface area contributed by atoms with Crippen molar-refractivity contribution in [2.45, 2.75) is 18.6 Å². The molecule has 0 saturated heterocycles. The summed E-state index contributed by atoms with van der Waals surface area (Å²) in [7, 11) is 0. The lowest BCUT2D eigenvalue weighted by Crippen LogP contribution is -2.36. The van der Waals surface area contributed by atoms with E-state index in [1.54, 1.807) is 0 Å². The summed E-state index contributed by atoms with van der Waals surface area (Å²) in [6.07, 6.45) is -5.62. The molecule has 0 radical (unpaired) electrons. The number of carbonyl (C=O) groups is 2. The van der Waals surface area contributed by atoms with Crippen LogP contribution in [0.3, 0.4) is 0 Å². The smallest absolute Gasteiger partial charge is 0.495 e. The van der Waals surface area contributed by atoms with Crippen LogP contribution in [0.25, 0.3) is 0 Å². The van der Waals surface area contributed by atoms with Gasteiger partial charge in [-0.15, -0.1) is 0 Å². The number of rotatable bonds is 3. The summed E-state index contributed by atoms with van der Waals surface area (Å²) in [6.45, 7) is 0. The Hall–Kier alpha value is -2.49. The van der Waals surface area contributed by atoms with Crippen molar-refractivity contribution in [3.8, 4) is 11.5 Å². The number of phenols is 2. The number of aromatic hydroxyl groups is 2. The first-order valence-corrected chi connectivity index (χ1v) is 5.37. The van der Waals surface area contributed by atoms with Crippen molar-refractivity contribution in [1.29, 1.82) is 0 Å². The molecule has 7 nitrogen and oxygen atoms in total. The second kappa shape index (κ2) is 6.31.